The lowest BCUT2D eigenvalue weighted by atomic mass is 10.0. The average Bonchev–Trinajstić information content (AvgIpc) is 2.50. The van der Waals surface area contributed by atoms with Crippen molar-refractivity contribution in [3.63, 3.8) is 0 Å². The lowest BCUT2D eigenvalue weighted by Gasteiger charge is -2.07. The molecule has 2 aromatic rings. The number of aryl methyl sites for hydroxylation is 1. The molecule has 0 unspecified atom stereocenters. The van der Waals surface area contributed by atoms with Crippen LogP contribution in [0.3, 0.4) is 0 Å². The summed E-state index contributed by atoms with van der Waals surface area (Å²) >= 11 is 0. The molecule has 0 aliphatic rings. The van der Waals surface area contributed by atoms with E-state index in [-0.39, 0.29) is 0 Å². The molecule has 0 aromatic heterocycles. The topological polar surface area (TPSA) is 9.23 Å². The largest absolute Gasteiger partial charge is 0.381 e. The molecule has 0 heterocycles. The van der Waals surface area contributed by atoms with Crippen molar-refractivity contribution in [2.45, 2.75) is 45.4 Å². The molecule has 0 amide bonds. The molecule has 108 valence electrons. The van der Waals surface area contributed by atoms with Crippen LogP contribution in [-0.4, -0.2) is 13.2 Å². The number of benzene rings is 2. The van der Waals surface area contributed by atoms with Gasteiger partial charge in [-0.05, 0) is 42.0 Å². The van der Waals surface area contributed by atoms with E-state index in [1.165, 1.54) is 42.0 Å². The Morgan fingerprint density at radius 1 is 0.800 bits per heavy atom. The normalized spacial score (nSPS) is 11.1. The summed E-state index contributed by atoms with van der Waals surface area (Å²) in [4.78, 5) is 0. The molecule has 0 N–H and O–H groups in total. The minimum Gasteiger partial charge on any atom is -0.381 e. The molecule has 0 saturated heterocycles. The zero-order chi connectivity index (χ0) is 14.0. The zero-order valence-electron chi connectivity index (χ0n) is 12.6. The molecule has 0 fully saturated rings. The number of hydrogen-bond donors (Lipinski definition) is 0. The smallest absolute Gasteiger partial charge is 0.0466 e. The summed E-state index contributed by atoms with van der Waals surface area (Å²) in [6.45, 7) is 4.07. The predicted molar refractivity (Wildman–Crippen MR) is 87.2 cm³/mol. The third-order valence-electron chi connectivity index (χ3n) is 3.76. The van der Waals surface area contributed by atoms with E-state index >= 15 is 0 Å². The summed E-state index contributed by atoms with van der Waals surface area (Å²) in [5, 5.41) is 2.75. The second-order valence-corrected chi connectivity index (χ2v) is 5.41. The van der Waals surface area contributed by atoms with Gasteiger partial charge in [0.05, 0.1) is 0 Å². The molecular weight excluding hydrogens is 244 g/mol. The molecule has 0 saturated carbocycles. The fraction of sp³-hybridized carbons (Fsp3) is 0.474. The van der Waals surface area contributed by atoms with Gasteiger partial charge in [0.25, 0.3) is 0 Å². The van der Waals surface area contributed by atoms with Gasteiger partial charge >= 0.3 is 0 Å². The summed E-state index contributed by atoms with van der Waals surface area (Å²) in [6, 6.07) is 15.3. The maximum Gasteiger partial charge on any atom is 0.0466 e. The Balaban J connectivity index is 1.71. The molecule has 1 nitrogen and oxygen atoms in total. The molecule has 2 aromatic carbocycles. The van der Waals surface area contributed by atoms with Crippen molar-refractivity contribution >= 4 is 10.8 Å². The van der Waals surface area contributed by atoms with Crippen LogP contribution >= 0.6 is 0 Å². The summed E-state index contributed by atoms with van der Waals surface area (Å²) in [6.07, 6.45) is 7.29. The lowest BCUT2D eigenvalue weighted by molar-refractivity contribution is 0.126. The van der Waals surface area contributed by atoms with Gasteiger partial charge in [-0.25, -0.2) is 0 Å². The van der Waals surface area contributed by atoms with Gasteiger partial charge in [-0.1, -0.05) is 62.2 Å². The highest BCUT2D eigenvalue weighted by atomic mass is 16.5. The number of fused-ring (bicyclic) bond motifs is 1. The van der Waals surface area contributed by atoms with Gasteiger partial charge < -0.3 is 4.74 Å². The molecule has 0 bridgehead atoms. The summed E-state index contributed by atoms with van der Waals surface area (Å²) in [7, 11) is 0. The minimum atomic E-state index is 0.911. The standard InChI is InChI=1S/C19H26O/c1-2-3-7-15-20-16-8-6-11-18-13-9-12-17-10-4-5-14-19(17)18/h4-5,9-10,12-14H,2-3,6-8,11,15-16H2,1H3. The van der Waals surface area contributed by atoms with E-state index in [1.807, 2.05) is 0 Å². The van der Waals surface area contributed by atoms with Crippen LogP contribution in [0.2, 0.25) is 0 Å². The molecule has 0 radical (unpaired) electrons. The quantitative estimate of drug-likeness (QED) is 0.557. The van der Waals surface area contributed by atoms with Crippen LogP contribution in [0.15, 0.2) is 42.5 Å². The monoisotopic (exact) mass is 270 g/mol. The van der Waals surface area contributed by atoms with Crippen LogP contribution in [0.5, 0.6) is 0 Å². The van der Waals surface area contributed by atoms with Crippen LogP contribution in [0, 0.1) is 0 Å². The van der Waals surface area contributed by atoms with E-state index in [1.54, 1.807) is 0 Å². The third-order valence-corrected chi connectivity index (χ3v) is 3.76. The van der Waals surface area contributed by atoms with Crippen molar-refractivity contribution in [3.05, 3.63) is 48.0 Å². The van der Waals surface area contributed by atoms with Gasteiger partial charge in [-0.15, -0.1) is 0 Å². The van der Waals surface area contributed by atoms with Crippen LogP contribution in [-0.2, 0) is 11.2 Å². The van der Waals surface area contributed by atoms with Crippen molar-refractivity contribution in [2.75, 3.05) is 13.2 Å². The molecule has 1 heteroatoms. The Hall–Kier alpha value is -1.34. The molecule has 0 aliphatic carbocycles. The van der Waals surface area contributed by atoms with Crippen LogP contribution < -0.4 is 0 Å². The van der Waals surface area contributed by atoms with Crippen LogP contribution in [0.4, 0.5) is 0 Å². The molecular formula is C19H26O. The first-order chi connectivity index (χ1) is 9.92. The van der Waals surface area contributed by atoms with Crippen molar-refractivity contribution in [2.24, 2.45) is 0 Å². The minimum absolute atomic E-state index is 0.911. The predicted octanol–water partition coefficient (Wildman–Crippen LogP) is 5.37. The molecule has 2 rings (SSSR count). The van der Waals surface area contributed by atoms with Gasteiger partial charge in [-0.2, -0.15) is 0 Å². The second kappa shape index (κ2) is 8.76. The Bertz CT molecular complexity index is 499. The maximum atomic E-state index is 5.66. The highest BCUT2D eigenvalue weighted by molar-refractivity contribution is 5.85. The first-order valence-corrected chi connectivity index (χ1v) is 7.96. The van der Waals surface area contributed by atoms with Crippen molar-refractivity contribution in [1.29, 1.82) is 0 Å². The van der Waals surface area contributed by atoms with E-state index in [4.69, 9.17) is 4.74 Å². The Morgan fingerprint density at radius 3 is 2.40 bits per heavy atom. The zero-order valence-corrected chi connectivity index (χ0v) is 12.6. The van der Waals surface area contributed by atoms with Crippen LogP contribution in [0.1, 0.15) is 44.6 Å². The van der Waals surface area contributed by atoms with E-state index in [9.17, 15) is 0 Å². The van der Waals surface area contributed by atoms with E-state index in [2.05, 4.69) is 49.4 Å². The highest BCUT2D eigenvalue weighted by Crippen LogP contribution is 2.20. The fourth-order valence-electron chi connectivity index (χ4n) is 2.59. The summed E-state index contributed by atoms with van der Waals surface area (Å²) in [5.74, 6) is 0. The fourth-order valence-corrected chi connectivity index (χ4v) is 2.59. The number of ether oxygens (including phenoxy) is 1. The second-order valence-electron chi connectivity index (χ2n) is 5.41. The molecule has 20 heavy (non-hydrogen) atoms. The first kappa shape index (κ1) is 15.1. The van der Waals surface area contributed by atoms with Crippen molar-refractivity contribution in [3.8, 4) is 0 Å². The Kier molecular flexibility index (Phi) is 6.59. The average molecular weight is 270 g/mol. The molecule has 0 atom stereocenters. The van der Waals surface area contributed by atoms with Crippen molar-refractivity contribution in [1.82, 2.24) is 0 Å². The van der Waals surface area contributed by atoms with Gasteiger partial charge in [0.1, 0.15) is 0 Å². The van der Waals surface area contributed by atoms with E-state index in [0.717, 1.165) is 26.1 Å². The van der Waals surface area contributed by atoms with E-state index in [0.29, 0.717) is 0 Å². The maximum absolute atomic E-state index is 5.66. The highest BCUT2D eigenvalue weighted by Gasteiger charge is 2.00. The molecule has 0 spiro atoms. The Morgan fingerprint density at radius 2 is 1.55 bits per heavy atom. The van der Waals surface area contributed by atoms with Gasteiger partial charge in [0.2, 0.25) is 0 Å². The number of unbranched alkanes of at least 4 members (excludes halogenated alkanes) is 3. The summed E-state index contributed by atoms with van der Waals surface area (Å²) in [5.41, 5.74) is 1.47. The lowest BCUT2D eigenvalue weighted by Crippen LogP contribution is -1.98. The third kappa shape index (κ3) is 4.64. The van der Waals surface area contributed by atoms with Gasteiger partial charge in [0, 0.05) is 13.2 Å². The number of hydrogen-bond acceptors (Lipinski definition) is 1. The summed E-state index contributed by atoms with van der Waals surface area (Å²) < 4.78 is 5.66. The SMILES string of the molecule is CCCCCOCCCCc1cccc2ccccc12. The van der Waals surface area contributed by atoms with Crippen molar-refractivity contribution < 1.29 is 4.74 Å². The Labute approximate surface area is 123 Å². The number of rotatable bonds is 9. The van der Waals surface area contributed by atoms with Gasteiger partial charge in [0.15, 0.2) is 0 Å². The van der Waals surface area contributed by atoms with Gasteiger partial charge in [-0.3, -0.25) is 0 Å². The molecule has 0 aliphatic heterocycles. The van der Waals surface area contributed by atoms with Crippen LogP contribution in [0.25, 0.3) is 10.8 Å². The van der Waals surface area contributed by atoms with E-state index < -0.39 is 0 Å². The first-order valence-electron chi connectivity index (χ1n) is 7.96.